The van der Waals surface area contributed by atoms with Gasteiger partial charge in [-0.1, -0.05) is 36.4 Å². The fraction of sp³-hybridized carbons (Fsp3) is 0.395. The van der Waals surface area contributed by atoms with E-state index in [1.807, 2.05) is 107 Å². The number of aromatic carboxylic acids is 1. The second-order valence-electron chi connectivity index (χ2n) is 28.9. The molecule has 2 amide bonds. The van der Waals surface area contributed by atoms with Gasteiger partial charge < -0.3 is 70.7 Å². The lowest BCUT2D eigenvalue weighted by atomic mass is 10.1. The summed E-state index contributed by atoms with van der Waals surface area (Å²) in [6, 6.07) is 48.4. The van der Waals surface area contributed by atoms with Crippen molar-refractivity contribution >= 4 is 58.2 Å². The average Bonchev–Trinajstić information content (AvgIpc) is 0.800. The Morgan fingerprint density at radius 3 is 1.22 bits per heavy atom. The number of nitrogens with two attached hydrogens (primary N) is 2. The molecule has 0 atom stereocenters. The number of carboxylic acid groups (broad SMARTS) is 1. The number of nitrogen functional groups attached to an aromatic ring is 2. The maximum absolute atomic E-state index is 14.3. The summed E-state index contributed by atoms with van der Waals surface area (Å²) in [7, 11) is 12.3. The summed E-state index contributed by atoms with van der Waals surface area (Å²) in [4.78, 5) is 64.3. The minimum absolute atomic E-state index is 0.0120. The van der Waals surface area contributed by atoms with Crippen molar-refractivity contribution < 1.29 is 56.4 Å². The van der Waals surface area contributed by atoms with Crippen LogP contribution in [0.4, 0.5) is 47.3 Å². The van der Waals surface area contributed by atoms with Crippen molar-refractivity contribution in [3.63, 3.8) is 0 Å². The van der Waals surface area contributed by atoms with E-state index in [1.54, 1.807) is 29.2 Å². The number of carbonyl (C=O) groups excluding carboxylic acids is 3. The molecule has 0 spiro atoms. The molecule has 3 saturated heterocycles. The number of amides is 2. The number of hydrogen-bond donors (Lipinski definition) is 5. The molecule has 0 bridgehead atoms. The number of halogens is 3. The molecule has 8 aromatic rings. The molecule has 3 fully saturated rings. The molecule has 3 heterocycles. The van der Waals surface area contributed by atoms with Crippen molar-refractivity contribution in [2.45, 2.75) is 106 Å². The quantitative estimate of drug-likeness (QED) is 0.0280. The first-order valence-electron chi connectivity index (χ1n) is 37.4. The van der Waals surface area contributed by atoms with E-state index < -0.39 is 23.4 Å². The highest BCUT2D eigenvalue weighted by Gasteiger charge is 2.27. The Hall–Kier alpha value is -10.5. The highest BCUT2D eigenvalue weighted by atomic mass is 19.1. The lowest BCUT2D eigenvalue weighted by Gasteiger charge is -2.35. The van der Waals surface area contributed by atoms with Crippen molar-refractivity contribution in [2.75, 3.05) is 152 Å². The van der Waals surface area contributed by atoms with Gasteiger partial charge in [-0.2, -0.15) is 0 Å². The van der Waals surface area contributed by atoms with Crippen LogP contribution in [0.1, 0.15) is 119 Å². The lowest BCUT2D eigenvalue weighted by molar-refractivity contribution is 0.0622. The zero-order valence-corrected chi connectivity index (χ0v) is 66.4. The number of hydrogen-bond acceptors (Lipinski definition) is 18. The van der Waals surface area contributed by atoms with Gasteiger partial charge in [-0.15, -0.1) is 0 Å². The van der Waals surface area contributed by atoms with Crippen LogP contribution in [0.15, 0.2) is 164 Å². The summed E-state index contributed by atoms with van der Waals surface area (Å²) in [6.07, 6.45) is 0.968. The molecule has 0 unspecified atom stereocenters. The van der Waals surface area contributed by atoms with Crippen LogP contribution < -0.4 is 55.7 Å². The Balaban J connectivity index is 0.000000208. The van der Waals surface area contributed by atoms with Crippen LogP contribution in [0, 0.1) is 17.5 Å². The van der Waals surface area contributed by atoms with E-state index in [0.29, 0.717) is 66.7 Å². The summed E-state index contributed by atoms with van der Waals surface area (Å²) in [5.41, 5.74) is 21.4. The third kappa shape index (κ3) is 28.2. The Labute approximate surface area is 648 Å². The van der Waals surface area contributed by atoms with E-state index in [0.717, 1.165) is 107 Å². The largest absolute Gasteiger partial charge is 0.491 e. The number of aldehydes is 1. The normalized spacial score (nSPS) is 13.8. The average molecular weight is 1520 g/mol. The summed E-state index contributed by atoms with van der Waals surface area (Å²) in [5, 5.41) is 15.2. The summed E-state index contributed by atoms with van der Waals surface area (Å²) >= 11 is 0. The number of anilines is 6. The third-order valence-corrected chi connectivity index (χ3v) is 17.9. The van der Waals surface area contributed by atoms with E-state index >= 15 is 0 Å². The van der Waals surface area contributed by atoms with Crippen LogP contribution in [0.3, 0.4) is 0 Å². The standard InChI is InChI=1S/C33H43FN4O3.C20H25FN4O.C13H21N3.C13H18O3.C7H6FNO2/c1-23(2)40-29-13-9-26(32(20-29)41-24(3)4)21-35-31-14-10-27(34)19-30(31)33(39)38-17-15-37(16-18-38)22-25-7-11-28(12-8-25)36(5)6;1-23(2)17-6-3-15(4-7-17)14-24-9-11-25(12-10-24)20(26)18-13-16(21)5-8-19(18)22;1-15(2)13-5-3-12(4-6-13)11-16-9-7-14-8-10-16;1-9(2)15-12-6-5-11(8-14)13(7-12)16-10(3)4;8-4-1-2-6(9)5(3-4)7(10)11/h7-14,19-20,23-24,35H,15-18,21-22H2,1-6H3;3-8,13H,9-12,14,22H2,1-2H3;3-6,14H,7-11H2,1-2H3;5-10H,1-4H3;1-3H,9H2,(H,10,11). The summed E-state index contributed by atoms with van der Waals surface area (Å²) in [6.45, 7) is 28.9. The molecule has 8 aromatic carbocycles. The van der Waals surface area contributed by atoms with Gasteiger partial charge in [0, 0.05) is 199 Å². The SMILES string of the molecule is CC(C)Oc1ccc(C=O)c(OC(C)C)c1.CC(C)Oc1ccc(CNc2ccc(F)cc2C(=O)N2CCN(Cc3ccc(N(C)C)cc3)CC2)c(OC(C)C)c1.CN(C)c1ccc(CN2CCN(C(=O)c3cc(F)ccc3N)CC2)cc1.CN(C)c1ccc(CN2CCNCC2)cc1.Nc1ccc(F)cc1C(=O)O. The topological polar surface area (TPSA) is 227 Å². The molecule has 592 valence electrons. The van der Waals surface area contributed by atoms with E-state index in [9.17, 15) is 32.3 Å². The minimum atomic E-state index is -1.22. The predicted molar refractivity (Wildman–Crippen MR) is 436 cm³/mol. The number of piperazine rings is 3. The van der Waals surface area contributed by atoms with Crippen molar-refractivity contribution in [3.05, 3.63) is 226 Å². The second kappa shape index (κ2) is 43.0. The van der Waals surface area contributed by atoms with Crippen molar-refractivity contribution in [3.8, 4) is 23.0 Å². The van der Waals surface area contributed by atoms with Crippen LogP contribution >= 0.6 is 0 Å². The molecular formula is C86H113F3N12O9. The van der Waals surface area contributed by atoms with Gasteiger partial charge in [0.2, 0.25) is 0 Å². The molecule has 0 aromatic heterocycles. The molecule has 7 N–H and O–H groups in total. The molecule has 0 radical (unpaired) electrons. The number of benzene rings is 8. The molecule has 24 heteroatoms. The highest BCUT2D eigenvalue weighted by molar-refractivity contribution is 6.00. The van der Waals surface area contributed by atoms with Gasteiger partial charge in [0.25, 0.3) is 11.8 Å². The Kier molecular flexibility index (Phi) is 33.9. The number of ether oxygens (including phenoxy) is 4. The fourth-order valence-electron chi connectivity index (χ4n) is 12.1. The van der Waals surface area contributed by atoms with Gasteiger partial charge in [-0.05, 0) is 187 Å². The van der Waals surface area contributed by atoms with Crippen LogP contribution in [0.25, 0.3) is 0 Å². The zero-order chi connectivity index (χ0) is 80.1. The summed E-state index contributed by atoms with van der Waals surface area (Å²) in [5.74, 6) is -0.314. The number of rotatable bonds is 24. The highest BCUT2D eigenvalue weighted by Crippen LogP contribution is 2.31. The van der Waals surface area contributed by atoms with Gasteiger partial charge >= 0.3 is 5.97 Å². The molecule has 0 saturated carbocycles. The Morgan fingerprint density at radius 1 is 0.455 bits per heavy atom. The molecular weight excluding hydrogens is 1400 g/mol. The molecule has 21 nitrogen and oxygen atoms in total. The smallest absolute Gasteiger partial charge is 0.337 e. The molecule has 3 aliphatic heterocycles. The lowest BCUT2D eigenvalue weighted by Crippen LogP contribution is -2.48. The molecule has 11 rings (SSSR count). The van der Waals surface area contributed by atoms with Crippen LogP contribution in [-0.4, -0.2) is 199 Å². The number of nitrogens with one attached hydrogen (secondary N) is 2. The summed E-state index contributed by atoms with van der Waals surface area (Å²) < 4.78 is 63.1. The van der Waals surface area contributed by atoms with E-state index in [-0.39, 0.29) is 53.0 Å². The Morgan fingerprint density at radius 2 is 0.818 bits per heavy atom. The van der Waals surface area contributed by atoms with Gasteiger partial charge in [0.05, 0.1) is 46.7 Å². The third-order valence-electron chi connectivity index (χ3n) is 17.9. The van der Waals surface area contributed by atoms with Crippen molar-refractivity contribution in [1.29, 1.82) is 0 Å². The zero-order valence-electron chi connectivity index (χ0n) is 66.4. The van der Waals surface area contributed by atoms with E-state index in [1.165, 1.54) is 70.2 Å². The van der Waals surface area contributed by atoms with Crippen LogP contribution in [0.5, 0.6) is 23.0 Å². The van der Waals surface area contributed by atoms with Crippen LogP contribution in [-0.2, 0) is 26.2 Å². The monoisotopic (exact) mass is 1510 g/mol. The fourth-order valence-corrected chi connectivity index (χ4v) is 12.1. The number of carbonyl (C=O) groups is 4. The first-order chi connectivity index (χ1) is 52.4. The van der Waals surface area contributed by atoms with Gasteiger partial charge in [0.1, 0.15) is 40.4 Å². The van der Waals surface area contributed by atoms with Gasteiger partial charge in [-0.25, -0.2) is 18.0 Å². The van der Waals surface area contributed by atoms with E-state index in [4.69, 9.17) is 35.5 Å². The number of carboxylic acids is 1. The first kappa shape index (κ1) is 86.7. The van der Waals surface area contributed by atoms with E-state index in [2.05, 4.69) is 127 Å². The molecule has 0 aliphatic carbocycles. The van der Waals surface area contributed by atoms with Crippen molar-refractivity contribution in [2.24, 2.45) is 0 Å². The second-order valence-corrected chi connectivity index (χ2v) is 28.9. The van der Waals surface area contributed by atoms with Gasteiger partial charge in [0.15, 0.2) is 6.29 Å². The minimum Gasteiger partial charge on any atom is -0.491 e. The van der Waals surface area contributed by atoms with Crippen LogP contribution in [0.2, 0.25) is 0 Å². The maximum atomic E-state index is 14.3. The predicted octanol–water partition coefficient (Wildman–Crippen LogP) is 13.8. The molecule has 110 heavy (non-hydrogen) atoms. The first-order valence-corrected chi connectivity index (χ1v) is 37.4. The van der Waals surface area contributed by atoms with Crippen molar-refractivity contribution in [1.82, 2.24) is 29.8 Å². The maximum Gasteiger partial charge on any atom is 0.337 e. The Bertz CT molecular complexity index is 4200. The molecule has 3 aliphatic rings. The van der Waals surface area contributed by atoms with Gasteiger partial charge in [-0.3, -0.25) is 29.1 Å². The number of nitrogens with zero attached hydrogens (tertiary/aromatic N) is 8.